The Labute approximate surface area is 230 Å². The maximum Gasteiger partial charge on any atom is 0.283 e. The Morgan fingerprint density at radius 2 is 2.00 bits per heavy atom. The van der Waals surface area contributed by atoms with Crippen LogP contribution < -0.4 is 20.3 Å². The number of aromatic nitrogens is 3. The molecule has 4 aromatic heterocycles. The predicted octanol–water partition coefficient (Wildman–Crippen LogP) is 5.61. The van der Waals surface area contributed by atoms with Crippen LogP contribution in [0, 0.1) is 0 Å². The lowest BCUT2D eigenvalue weighted by molar-refractivity contribution is 0.0936. The molecule has 0 saturated carbocycles. The van der Waals surface area contributed by atoms with E-state index >= 15 is 0 Å². The fourth-order valence-corrected chi connectivity index (χ4v) is 5.90. The summed E-state index contributed by atoms with van der Waals surface area (Å²) in [5, 5.41) is 11.9. The molecule has 38 heavy (non-hydrogen) atoms. The lowest BCUT2D eigenvalue weighted by Gasteiger charge is -2.20. The molecule has 6 rings (SSSR count). The van der Waals surface area contributed by atoms with Gasteiger partial charge in [-0.25, -0.2) is 0 Å². The second-order valence-corrected chi connectivity index (χ2v) is 11.1. The van der Waals surface area contributed by atoms with Gasteiger partial charge in [0.05, 0.1) is 28.6 Å². The third-order valence-corrected chi connectivity index (χ3v) is 7.96. The zero-order chi connectivity index (χ0) is 26.1. The van der Waals surface area contributed by atoms with Gasteiger partial charge < -0.3 is 19.4 Å². The monoisotopic (exact) mass is 564 g/mol. The number of nitrogens with one attached hydrogen (secondary N) is 1. The van der Waals surface area contributed by atoms with Crippen molar-refractivity contribution in [1.82, 2.24) is 14.3 Å². The first kappa shape index (κ1) is 24.5. The molecule has 1 N–H and O–H groups in total. The minimum absolute atomic E-state index is 0.193. The van der Waals surface area contributed by atoms with Crippen molar-refractivity contribution in [3.8, 4) is 22.8 Å². The minimum atomic E-state index is -0.403. The molecule has 11 heteroatoms. The number of para-hydroxylation sites is 1. The van der Waals surface area contributed by atoms with E-state index in [-0.39, 0.29) is 5.56 Å². The number of thiophene rings is 2. The van der Waals surface area contributed by atoms with E-state index in [2.05, 4.69) is 10.4 Å². The summed E-state index contributed by atoms with van der Waals surface area (Å²) in [6.07, 6.45) is 1.75. The molecule has 5 heterocycles. The number of hydrogen-bond donors (Lipinski definition) is 1. The van der Waals surface area contributed by atoms with Gasteiger partial charge in [0.2, 0.25) is 0 Å². The fourth-order valence-electron chi connectivity index (χ4n) is 4.21. The number of hydrogen-bond acceptors (Lipinski definition) is 8. The summed E-state index contributed by atoms with van der Waals surface area (Å²) < 4.78 is 15.0. The predicted molar refractivity (Wildman–Crippen MR) is 149 cm³/mol. The summed E-state index contributed by atoms with van der Waals surface area (Å²) >= 11 is 9.12. The molecule has 8 nitrogen and oxygen atoms in total. The van der Waals surface area contributed by atoms with Gasteiger partial charge in [0.15, 0.2) is 11.5 Å². The number of ether oxygens (including phenoxy) is 2. The number of carbonyl (C=O) groups is 1. The molecule has 1 aliphatic heterocycles. The van der Waals surface area contributed by atoms with Crippen molar-refractivity contribution in [2.75, 3.05) is 18.5 Å². The second kappa shape index (κ2) is 10.5. The molecular formula is C27H21ClN4O4S2. The zero-order valence-electron chi connectivity index (χ0n) is 19.9. The number of rotatable bonds is 7. The van der Waals surface area contributed by atoms with Gasteiger partial charge in [0, 0.05) is 17.1 Å². The standard InChI is InChI=1S/C27H21ClN4O4S2/c28-23-7-6-18(38-23)14-29-24-13-21(19-4-2-9-31(26(19)33)15-17-8-12-37-16-17)30-32(24)27(34)20-3-1-5-22-25(20)36-11-10-35-22/h1-9,12-13,16,29H,10-11,14-15H2. The topological polar surface area (TPSA) is 87.4 Å². The first-order valence-electron chi connectivity index (χ1n) is 11.8. The molecule has 0 radical (unpaired) electrons. The molecule has 0 atom stereocenters. The van der Waals surface area contributed by atoms with Gasteiger partial charge in [-0.05, 0) is 58.8 Å². The summed E-state index contributed by atoms with van der Waals surface area (Å²) in [5.74, 6) is 0.933. The molecule has 1 aliphatic rings. The van der Waals surface area contributed by atoms with Crippen LogP contribution in [0.2, 0.25) is 4.34 Å². The molecule has 0 fully saturated rings. The van der Waals surface area contributed by atoms with Gasteiger partial charge in [-0.2, -0.15) is 21.1 Å². The SMILES string of the molecule is O=C(c1cccc2c1OCCO2)n1nc(-c2cccn(Cc3ccsc3)c2=O)cc1NCc1ccc(Cl)s1. The van der Waals surface area contributed by atoms with Gasteiger partial charge in [0.25, 0.3) is 11.5 Å². The molecule has 0 saturated heterocycles. The van der Waals surface area contributed by atoms with Crippen molar-refractivity contribution in [3.05, 3.63) is 102 Å². The molecular weight excluding hydrogens is 544 g/mol. The largest absolute Gasteiger partial charge is 0.486 e. The molecule has 0 unspecified atom stereocenters. The zero-order valence-corrected chi connectivity index (χ0v) is 22.3. The van der Waals surface area contributed by atoms with Gasteiger partial charge >= 0.3 is 0 Å². The smallest absolute Gasteiger partial charge is 0.283 e. The summed E-state index contributed by atoms with van der Waals surface area (Å²) in [6.45, 7) is 1.64. The van der Waals surface area contributed by atoms with E-state index in [1.165, 1.54) is 16.0 Å². The Kier molecular flexibility index (Phi) is 6.75. The van der Waals surface area contributed by atoms with Crippen LogP contribution in [0.25, 0.3) is 11.3 Å². The van der Waals surface area contributed by atoms with E-state index in [1.54, 1.807) is 52.4 Å². The first-order valence-corrected chi connectivity index (χ1v) is 13.9. The highest BCUT2D eigenvalue weighted by molar-refractivity contribution is 7.16. The van der Waals surface area contributed by atoms with Crippen LogP contribution >= 0.6 is 34.3 Å². The van der Waals surface area contributed by atoms with Crippen molar-refractivity contribution >= 4 is 46.0 Å². The van der Waals surface area contributed by atoms with Gasteiger partial charge in [-0.1, -0.05) is 17.7 Å². The van der Waals surface area contributed by atoms with Gasteiger partial charge in [0.1, 0.15) is 24.7 Å². The van der Waals surface area contributed by atoms with Crippen molar-refractivity contribution in [2.45, 2.75) is 13.1 Å². The number of fused-ring (bicyclic) bond motifs is 1. The third-order valence-electron chi connectivity index (χ3n) is 6.00. The Morgan fingerprint density at radius 3 is 2.82 bits per heavy atom. The Balaban J connectivity index is 1.40. The van der Waals surface area contributed by atoms with E-state index in [0.717, 1.165) is 10.4 Å². The maximum atomic E-state index is 13.8. The van der Waals surface area contributed by atoms with E-state index in [1.807, 2.05) is 35.0 Å². The lowest BCUT2D eigenvalue weighted by atomic mass is 10.1. The van der Waals surface area contributed by atoms with Crippen LogP contribution in [0.3, 0.4) is 0 Å². The number of pyridine rings is 1. The summed E-state index contributed by atoms with van der Waals surface area (Å²) in [5.41, 5.74) is 1.95. The number of carbonyl (C=O) groups excluding carboxylic acids is 1. The molecule has 192 valence electrons. The number of nitrogens with zero attached hydrogens (tertiary/aromatic N) is 3. The van der Waals surface area contributed by atoms with Crippen molar-refractivity contribution in [1.29, 1.82) is 0 Å². The second-order valence-electron chi connectivity index (χ2n) is 8.51. The molecule has 5 aromatic rings. The van der Waals surface area contributed by atoms with Gasteiger partial charge in [-0.15, -0.1) is 11.3 Å². The highest BCUT2D eigenvalue weighted by atomic mass is 35.5. The molecule has 0 spiro atoms. The van der Waals surface area contributed by atoms with Crippen LogP contribution in [0.5, 0.6) is 11.5 Å². The van der Waals surface area contributed by atoms with Crippen molar-refractivity contribution in [3.63, 3.8) is 0 Å². The number of anilines is 1. The highest BCUT2D eigenvalue weighted by Crippen LogP contribution is 2.35. The minimum Gasteiger partial charge on any atom is -0.486 e. The van der Waals surface area contributed by atoms with Crippen LogP contribution in [0.4, 0.5) is 5.82 Å². The van der Waals surface area contributed by atoms with E-state index < -0.39 is 5.91 Å². The van der Waals surface area contributed by atoms with Crippen molar-refractivity contribution in [2.24, 2.45) is 0 Å². The third kappa shape index (κ3) is 4.85. The molecule has 1 aromatic carbocycles. The van der Waals surface area contributed by atoms with Crippen LogP contribution in [-0.4, -0.2) is 33.5 Å². The number of halogens is 1. The molecule has 0 bridgehead atoms. The lowest BCUT2D eigenvalue weighted by Crippen LogP contribution is -2.22. The van der Waals surface area contributed by atoms with E-state index in [0.29, 0.717) is 64.8 Å². The Morgan fingerprint density at radius 1 is 1.11 bits per heavy atom. The number of benzene rings is 1. The normalized spacial score (nSPS) is 12.4. The molecule has 0 amide bonds. The van der Waals surface area contributed by atoms with Gasteiger partial charge in [-0.3, -0.25) is 9.59 Å². The first-order chi connectivity index (χ1) is 18.6. The quantitative estimate of drug-likeness (QED) is 0.276. The summed E-state index contributed by atoms with van der Waals surface area (Å²) in [7, 11) is 0. The average molecular weight is 565 g/mol. The van der Waals surface area contributed by atoms with Crippen LogP contribution in [0.15, 0.2) is 76.3 Å². The summed E-state index contributed by atoms with van der Waals surface area (Å²) in [4.78, 5) is 28.2. The molecule has 0 aliphatic carbocycles. The maximum absolute atomic E-state index is 13.8. The van der Waals surface area contributed by atoms with Crippen LogP contribution in [-0.2, 0) is 13.1 Å². The van der Waals surface area contributed by atoms with E-state index in [4.69, 9.17) is 21.1 Å². The summed E-state index contributed by atoms with van der Waals surface area (Å²) in [6, 6.07) is 16.2. The Hall–Kier alpha value is -3.86. The average Bonchev–Trinajstić information content (AvgIpc) is 3.69. The van der Waals surface area contributed by atoms with Crippen LogP contribution in [0.1, 0.15) is 20.8 Å². The van der Waals surface area contributed by atoms with E-state index in [9.17, 15) is 9.59 Å². The fraction of sp³-hybridized carbons (Fsp3) is 0.148. The highest BCUT2D eigenvalue weighted by Gasteiger charge is 2.25. The van der Waals surface area contributed by atoms with Crippen molar-refractivity contribution < 1.29 is 14.3 Å². The Bertz CT molecular complexity index is 1670.